The number of hydrazine groups is 1. The first-order valence-electron chi connectivity index (χ1n) is 5.92. The van der Waals surface area contributed by atoms with Crippen molar-refractivity contribution in [2.24, 2.45) is 5.84 Å². The molecule has 0 spiro atoms. The standard InChI is InChI=1S/C10H16N6O3/c1-15(7-2-3-7)4-5-19-10-8(16(17)18)9(14-11)12-6-13-10/h6-7H,2-5,11H2,1H3,(H,12,13,14). The summed E-state index contributed by atoms with van der Waals surface area (Å²) in [5.41, 5.74) is 1.81. The maximum Gasteiger partial charge on any atom is 0.374 e. The van der Waals surface area contributed by atoms with Gasteiger partial charge in [0.05, 0.1) is 4.92 Å². The highest BCUT2D eigenvalue weighted by Gasteiger charge is 2.27. The van der Waals surface area contributed by atoms with Gasteiger partial charge in [0.15, 0.2) is 0 Å². The first-order valence-corrected chi connectivity index (χ1v) is 5.92. The molecule has 3 N–H and O–H groups in total. The molecule has 0 bridgehead atoms. The van der Waals surface area contributed by atoms with E-state index in [1.165, 1.54) is 19.2 Å². The quantitative estimate of drug-likeness (QED) is 0.407. The Morgan fingerprint density at radius 1 is 1.63 bits per heavy atom. The van der Waals surface area contributed by atoms with Crippen LogP contribution in [0.5, 0.6) is 5.88 Å². The lowest BCUT2D eigenvalue weighted by atomic mass is 10.4. The van der Waals surface area contributed by atoms with E-state index < -0.39 is 4.92 Å². The van der Waals surface area contributed by atoms with Crippen molar-refractivity contribution >= 4 is 11.5 Å². The largest absolute Gasteiger partial charge is 0.471 e. The average Bonchev–Trinajstić information content (AvgIpc) is 3.22. The van der Waals surface area contributed by atoms with Crippen LogP contribution in [0.2, 0.25) is 0 Å². The molecule has 1 aromatic heterocycles. The predicted octanol–water partition coefficient (Wildman–Crippen LogP) is 0.143. The van der Waals surface area contributed by atoms with Crippen LogP contribution in [0.4, 0.5) is 11.5 Å². The summed E-state index contributed by atoms with van der Waals surface area (Å²) in [6.45, 7) is 1.02. The number of hydrogen-bond acceptors (Lipinski definition) is 8. The van der Waals surface area contributed by atoms with Crippen molar-refractivity contribution < 1.29 is 9.66 Å². The summed E-state index contributed by atoms with van der Waals surface area (Å²) in [6.07, 6.45) is 3.57. The van der Waals surface area contributed by atoms with Crippen LogP contribution in [-0.4, -0.2) is 46.0 Å². The fourth-order valence-corrected chi connectivity index (χ4v) is 1.72. The fraction of sp³-hybridized carbons (Fsp3) is 0.600. The summed E-state index contributed by atoms with van der Waals surface area (Å²) in [5, 5.41) is 11.0. The number of aromatic nitrogens is 2. The smallest absolute Gasteiger partial charge is 0.374 e. The van der Waals surface area contributed by atoms with Crippen LogP contribution in [0.1, 0.15) is 12.8 Å². The van der Waals surface area contributed by atoms with Crippen LogP contribution < -0.4 is 16.0 Å². The summed E-state index contributed by atoms with van der Waals surface area (Å²) >= 11 is 0. The minimum Gasteiger partial charge on any atom is -0.471 e. The Bertz CT molecular complexity index is 465. The Morgan fingerprint density at radius 2 is 2.37 bits per heavy atom. The van der Waals surface area contributed by atoms with Crippen LogP contribution in [0, 0.1) is 10.1 Å². The Kier molecular flexibility index (Phi) is 4.07. The van der Waals surface area contributed by atoms with E-state index in [4.69, 9.17) is 10.6 Å². The van der Waals surface area contributed by atoms with Gasteiger partial charge >= 0.3 is 5.69 Å². The van der Waals surface area contributed by atoms with E-state index in [0.29, 0.717) is 19.2 Å². The van der Waals surface area contributed by atoms with Crippen molar-refractivity contribution in [3.63, 3.8) is 0 Å². The third kappa shape index (κ3) is 3.26. The first kappa shape index (κ1) is 13.4. The van der Waals surface area contributed by atoms with Crippen LogP contribution in [0.15, 0.2) is 6.33 Å². The topological polar surface area (TPSA) is 119 Å². The Hall–Kier alpha value is -2.00. The maximum atomic E-state index is 11.0. The van der Waals surface area contributed by atoms with Crippen molar-refractivity contribution in [1.82, 2.24) is 14.9 Å². The lowest BCUT2D eigenvalue weighted by Gasteiger charge is -2.15. The lowest BCUT2D eigenvalue weighted by molar-refractivity contribution is -0.385. The number of rotatable bonds is 7. The summed E-state index contributed by atoms with van der Waals surface area (Å²) < 4.78 is 5.36. The molecule has 19 heavy (non-hydrogen) atoms. The predicted molar refractivity (Wildman–Crippen MR) is 67.6 cm³/mol. The Morgan fingerprint density at radius 3 is 2.95 bits per heavy atom. The van der Waals surface area contributed by atoms with Crippen LogP contribution in [0.3, 0.4) is 0 Å². The van der Waals surface area contributed by atoms with Gasteiger partial charge in [-0.25, -0.2) is 10.8 Å². The van der Waals surface area contributed by atoms with Crippen LogP contribution >= 0.6 is 0 Å². The van der Waals surface area contributed by atoms with Gasteiger partial charge in [0, 0.05) is 12.6 Å². The monoisotopic (exact) mass is 268 g/mol. The van der Waals surface area contributed by atoms with Crippen molar-refractivity contribution in [3.8, 4) is 5.88 Å². The van der Waals surface area contributed by atoms with Gasteiger partial charge in [0.25, 0.3) is 5.88 Å². The molecule has 1 aromatic rings. The van der Waals surface area contributed by atoms with Crippen molar-refractivity contribution in [2.75, 3.05) is 25.6 Å². The number of nitrogen functional groups attached to an aromatic ring is 1. The van der Waals surface area contributed by atoms with Crippen molar-refractivity contribution in [3.05, 3.63) is 16.4 Å². The first-order chi connectivity index (χ1) is 9.13. The third-order valence-electron chi connectivity index (χ3n) is 2.96. The molecule has 0 aromatic carbocycles. The molecule has 2 rings (SSSR count). The molecule has 1 saturated carbocycles. The second-order valence-corrected chi connectivity index (χ2v) is 4.34. The van der Waals surface area contributed by atoms with E-state index in [0.717, 1.165) is 0 Å². The van der Waals surface area contributed by atoms with Gasteiger partial charge in [0.1, 0.15) is 12.9 Å². The zero-order valence-electron chi connectivity index (χ0n) is 10.6. The highest BCUT2D eigenvalue weighted by Crippen LogP contribution is 2.30. The van der Waals surface area contributed by atoms with Gasteiger partial charge in [0.2, 0.25) is 5.82 Å². The van der Waals surface area contributed by atoms with Crippen LogP contribution in [0.25, 0.3) is 0 Å². The Balaban J connectivity index is 2.00. The molecule has 0 saturated heterocycles. The number of ether oxygens (including phenoxy) is 1. The molecule has 104 valence electrons. The van der Waals surface area contributed by atoms with Gasteiger partial charge in [-0.1, -0.05) is 0 Å². The van der Waals surface area contributed by atoms with Gasteiger partial charge < -0.3 is 15.1 Å². The molecular weight excluding hydrogens is 252 g/mol. The number of anilines is 1. The zero-order chi connectivity index (χ0) is 13.8. The van der Waals surface area contributed by atoms with Gasteiger partial charge in [-0.2, -0.15) is 4.98 Å². The summed E-state index contributed by atoms with van der Waals surface area (Å²) in [7, 11) is 2.00. The zero-order valence-corrected chi connectivity index (χ0v) is 10.6. The number of nitrogens with one attached hydrogen (secondary N) is 1. The van der Waals surface area contributed by atoms with Gasteiger partial charge in [-0.3, -0.25) is 10.1 Å². The molecule has 0 radical (unpaired) electrons. The molecular formula is C10H16N6O3. The normalized spacial score (nSPS) is 14.5. The number of nitrogens with zero attached hydrogens (tertiary/aromatic N) is 4. The summed E-state index contributed by atoms with van der Waals surface area (Å²) in [4.78, 5) is 20.0. The van der Waals surface area contributed by atoms with Crippen LogP contribution in [-0.2, 0) is 0 Å². The second-order valence-electron chi connectivity index (χ2n) is 4.34. The fourth-order valence-electron chi connectivity index (χ4n) is 1.72. The minimum atomic E-state index is -0.616. The molecule has 0 amide bonds. The third-order valence-corrected chi connectivity index (χ3v) is 2.96. The number of nitro groups is 1. The van der Waals surface area contributed by atoms with E-state index in [1.54, 1.807) is 0 Å². The molecule has 1 heterocycles. The van der Waals surface area contributed by atoms with E-state index in [-0.39, 0.29) is 17.4 Å². The van der Waals surface area contributed by atoms with E-state index in [1.807, 2.05) is 7.05 Å². The molecule has 0 aliphatic heterocycles. The molecule has 1 aliphatic rings. The summed E-state index contributed by atoms with van der Waals surface area (Å²) in [5.74, 6) is 5.04. The lowest BCUT2D eigenvalue weighted by Crippen LogP contribution is -2.26. The highest BCUT2D eigenvalue weighted by atomic mass is 16.6. The van der Waals surface area contributed by atoms with Gasteiger partial charge in [-0.05, 0) is 19.9 Å². The van der Waals surface area contributed by atoms with E-state index >= 15 is 0 Å². The molecule has 0 atom stereocenters. The van der Waals surface area contributed by atoms with Crippen molar-refractivity contribution in [2.45, 2.75) is 18.9 Å². The number of hydrogen-bond donors (Lipinski definition) is 2. The second kappa shape index (κ2) is 5.76. The molecule has 1 fully saturated rings. The van der Waals surface area contributed by atoms with Gasteiger partial charge in [-0.15, -0.1) is 0 Å². The van der Waals surface area contributed by atoms with Crippen molar-refractivity contribution in [1.29, 1.82) is 0 Å². The molecule has 0 unspecified atom stereocenters. The van der Waals surface area contributed by atoms with E-state index in [9.17, 15) is 10.1 Å². The summed E-state index contributed by atoms with van der Waals surface area (Å²) in [6, 6.07) is 0.616. The van der Waals surface area contributed by atoms with E-state index in [2.05, 4.69) is 20.3 Å². The maximum absolute atomic E-state index is 11.0. The minimum absolute atomic E-state index is 0.0643. The number of nitrogens with two attached hydrogens (primary N) is 1. The Labute approximate surface area is 109 Å². The molecule has 9 nitrogen and oxygen atoms in total. The molecule has 1 aliphatic carbocycles. The highest BCUT2D eigenvalue weighted by molar-refractivity contribution is 5.60. The number of likely N-dealkylation sites (N-methyl/N-ethyl adjacent to an activating group) is 1. The molecule has 9 heteroatoms. The average molecular weight is 268 g/mol. The SMILES string of the molecule is CN(CCOc1ncnc(NN)c1[N+](=O)[O-])C1CC1.